The summed E-state index contributed by atoms with van der Waals surface area (Å²) in [6, 6.07) is 89.6. The zero-order valence-corrected chi connectivity index (χ0v) is 40.5. The second-order valence-electron chi connectivity index (χ2n) is 18.6. The summed E-state index contributed by atoms with van der Waals surface area (Å²) in [5.74, 6) is 3.03. The van der Waals surface area contributed by atoms with Gasteiger partial charge in [-0.3, -0.25) is 4.79 Å². The minimum absolute atomic E-state index is 0.0763. The number of rotatable bonds is 10. The smallest absolute Gasteiger partial charge is 0.182 e. The highest BCUT2D eigenvalue weighted by Gasteiger charge is 2.49. The zero-order chi connectivity index (χ0) is 50.1. The summed E-state index contributed by atoms with van der Waals surface area (Å²) in [7, 11) is 0. The summed E-state index contributed by atoms with van der Waals surface area (Å²) in [4.78, 5) is 47.3. The number of benzene rings is 10. The molecule has 10 aromatic carbocycles. The molecule has 0 amide bonds. The number of hydrogen-bond acceptors (Lipinski definition) is 7. The van der Waals surface area contributed by atoms with Crippen LogP contribution in [-0.2, 0) is 5.41 Å². The van der Waals surface area contributed by atoms with Gasteiger partial charge in [0.05, 0.1) is 0 Å². The van der Waals surface area contributed by atoms with Gasteiger partial charge in [0.1, 0.15) is 5.41 Å². The van der Waals surface area contributed by atoms with Crippen LogP contribution in [0.3, 0.4) is 0 Å². The molecule has 13 rings (SSSR count). The van der Waals surface area contributed by atoms with E-state index in [1.54, 1.807) is 0 Å². The molecule has 0 saturated carbocycles. The normalized spacial score (nSPS) is 12.4. The minimum Gasteiger partial charge on any atom is -0.292 e. The van der Waals surface area contributed by atoms with Crippen molar-refractivity contribution in [2.45, 2.75) is 5.41 Å². The van der Waals surface area contributed by atoms with Crippen molar-refractivity contribution in [3.8, 4) is 102 Å². The molecule has 75 heavy (non-hydrogen) atoms. The molecule has 7 nitrogen and oxygen atoms in total. The lowest BCUT2D eigenvalue weighted by molar-refractivity contribution is 0.0933. The fraction of sp³-hybridized carbons (Fsp3) is 0.0147. The van der Waals surface area contributed by atoms with Gasteiger partial charge in [0.15, 0.2) is 40.7 Å². The highest BCUT2D eigenvalue weighted by molar-refractivity contribution is 6.17. The molecule has 0 atom stereocenters. The fourth-order valence-corrected chi connectivity index (χ4v) is 10.4. The lowest BCUT2D eigenvalue weighted by Crippen LogP contribution is -2.41. The third-order valence-corrected chi connectivity index (χ3v) is 14.0. The Balaban J connectivity index is 1.02. The molecule has 0 N–H and O–H groups in total. The van der Waals surface area contributed by atoms with Crippen molar-refractivity contribution in [2.75, 3.05) is 0 Å². The van der Waals surface area contributed by atoms with Crippen LogP contribution in [-0.4, -0.2) is 35.7 Å². The fourth-order valence-electron chi connectivity index (χ4n) is 10.4. The van der Waals surface area contributed by atoms with Gasteiger partial charge < -0.3 is 0 Å². The molecular formula is C68H44N6O. The van der Waals surface area contributed by atoms with Crippen molar-refractivity contribution in [2.24, 2.45) is 0 Å². The molecule has 12 aromatic rings. The molecule has 0 bridgehead atoms. The highest BCUT2D eigenvalue weighted by atomic mass is 16.1. The molecule has 2 heterocycles. The van der Waals surface area contributed by atoms with Crippen LogP contribution in [0.4, 0.5) is 0 Å². The van der Waals surface area contributed by atoms with Crippen LogP contribution in [0.2, 0.25) is 0 Å². The summed E-state index contributed by atoms with van der Waals surface area (Å²) in [5.41, 5.74) is 12.6. The molecule has 0 saturated heterocycles. The Morgan fingerprint density at radius 2 is 0.533 bits per heavy atom. The monoisotopic (exact) mass is 960 g/mol. The van der Waals surface area contributed by atoms with Crippen molar-refractivity contribution in [3.05, 3.63) is 289 Å². The number of carbonyl (C=O) groups is 1. The van der Waals surface area contributed by atoms with Crippen molar-refractivity contribution >= 4 is 5.78 Å². The molecule has 0 spiro atoms. The van der Waals surface area contributed by atoms with Crippen LogP contribution in [0.5, 0.6) is 0 Å². The maximum absolute atomic E-state index is 16.4. The van der Waals surface area contributed by atoms with Gasteiger partial charge in [-0.05, 0) is 74.3 Å². The zero-order valence-electron chi connectivity index (χ0n) is 40.5. The van der Waals surface area contributed by atoms with Crippen LogP contribution in [0.25, 0.3) is 102 Å². The van der Waals surface area contributed by atoms with Gasteiger partial charge in [-0.25, -0.2) is 29.9 Å². The van der Waals surface area contributed by atoms with Gasteiger partial charge in [-0.2, -0.15) is 0 Å². The second-order valence-corrected chi connectivity index (χ2v) is 18.6. The molecule has 7 heteroatoms. The van der Waals surface area contributed by atoms with Crippen molar-refractivity contribution in [1.82, 2.24) is 29.9 Å². The predicted octanol–water partition coefficient (Wildman–Crippen LogP) is 15.6. The van der Waals surface area contributed by atoms with Crippen LogP contribution in [0.1, 0.15) is 27.0 Å². The summed E-state index contributed by atoms with van der Waals surface area (Å²) in [6.07, 6.45) is 0. The average Bonchev–Trinajstić information content (AvgIpc) is 3.56. The molecule has 352 valence electrons. The lowest BCUT2D eigenvalue weighted by atomic mass is 9.60. The number of fused-ring (bicyclic) bond motifs is 3. The first-order valence-corrected chi connectivity index (χ1v) is 25.0. The Morgan fingerprint density at radius 3 is 0.947 bits per heavy atom. The molecule has 1 aliphatic rings. The number of Topliss-reactive ketones (excluding diaryl/α,β-unsaturated/α-hetero) is 1. The van der Waals surface area contributed by atoms with Gasteiger partial charge in [0, 0.05) is 38.9 Å². The number of hydrogen-bond donors (Lipinski definition) is 0. The molecule has 0 unspecified atom stereocenters. The van der Waals surface area contributed by atoms with Crippen LogP contribution in [0, 0.1) is 0 Å². The standard InChI is InChI=1S/C68H44N6O/c75-61-59-43-53(66-73-64(51-31-19-29-49(41-51)45-21-7-1-8-22-45)72-65(74-66)52-32-20-30-50(42-52)46-23-9-2-10-24-46)37-39-57(59)58-40-38-54(44-60(58)68(61,55-33-15-5-16-34-55)56-35-17-6-18-36-56)67-70-62(47-25-11-3-12-26-47)69-63(71-67)48-27-13-4-14-28-48/h1-44H. The van der Waals surface area contributed by atoms with Gasteiger partial charge >= 0.3 is 0 Å². The van der Waals surface area contributed by atoms with Gasteiger partial charge in [-0.1, -0.05) is 243 Å². The number of carbonyl (C=O) groups excluding carboxylic acids is 1. The first kappa shape index (κ1) is 44.8. The van der Waals surface area contributed by atoms with E-state index in [0.717, 1.165) is 77.9 Å². The second kappa shape index (κ2) is 19.1. The van der Waals surface area contributed by atoms with Crippen LogP contribution < -0.4 is 0 Å². The molecule has 0 fully saturated rings. The van der Waals surface area contributed by atoms with Crippen molar-refractivity contribution in [3.63, 3.8) is 0 Å². The quantitative estimate of drug-likeness (QED) is 0.135. The first-order valence-electron chi connectivity index (χ1n) is 25.0. The van der Waals surface area contributed by atoms with E-state index in [9.17, 15) is 0 Å². The predicted molar refractivity (Wildman–Crippen MR) is 299 cm³/mol. The summed E-state index contributed by atoms with van der Waals surface area (Å²) in [6.45, 7) is 0. The Kier molecular flexibility index (Phi) is 11.4. The lowest BCUT2D eigenvalue weighted by Gasteiger charge is -2.40. The third kappa shape index (κ3) is 8.28. The molecule has 0 radical (unpaired) electrons. The Morgan fingerprint density at radius 1 is 0.227 bits per heavy atom. The van der Waals surface area contributed by atoms with Crippen LogP contribution >= 0.6 is 0 Å². The number of aromatic nitrogens is 6. The topological polar surface area (TPSA) is 94.4 Å². The third-order valence-electron chi connectivity index (χ3n) is 14.0. The molecule has 2 aromatic heterocycles. The first-order chi connectivity index (χ1) is 37.1. The van der Waals surface area contributed by atoms with Crippen molar-refractivity contribution in [1.29, 1.82) is 0 Å². The largest absolute Gasteiger partial charge is 0.292 e. The van der Waals surface area contributed by atoms with E-state index in [2.05, 4.69) is 91.0 Å². The summed E-state index contributed by atoms with van der Waals surface area (Å²) < 4.78 is 0. The Bertz CT molecular complexity index is 3860. The molecule has 1 aliphatic carbocycles. The number of nitrogens with zero attached hydrogens (tertiary/aromatic N) is 6. The molecular weight excluding hydrogens is 917 g/mol. The maximum atomic E-state index is 16.4. The van der Waals surface area contributed by atoms with E-state index >= 15 is 4.79 Å². The maximum Gasteiger partial charge on any atom is 0.182 e. The Labute approximate surface area is 434 Å². The van der Waals surface area contributed by atoms with E-state index in [1.807, 2.05) is 176 Å². The van der Waals surface area contributed by atoms with Gasteiger partial charge in [0.2, 0.25) is 0 Å². The van der Waals surface area contributed by atoms with E-state index in [0.29, 0.717) is 46.1 Å². The minimum atomic E-state index is -1.29. The van der Waals surface area contributed by atoms with E-state index in [1.165, 1.54) is 0 Å². The van der Waals surface area contributed by atoms with Crippen LogP contribution in [0.15, 0.2) is 267 Å². The summed E-state index contributed by atoms with van der Waals surface area (Å²) >= 11 is 0. The Hall–Kier alpha value is -10.1. The SMILES string of the molecule is O=C1c2cc(-c3nc(-c4cccc(-c5ccccc5)c4)nc(-c4cccc(-c5ccccc5)c4)n3)ccc2-c2ccc(-c3nc(-c4ccccc4)nc(-c4ccccc4)n3)cc2C1(c1ccccc1)c1ccccc1. The van der Waals surface area contributed by atoms with E-state index in [-0.39, 0.29) is 5.78 Å². The highest BCUT2D eigenvalue weighted by Crippen LogP contribution is 2.52. The van der Waals surface area contributed by atoms with Crippen molar-refractivity contribution < 1.29 is 4.79 Å². The van der Waals surface area contributed by atoms with E-state index in [4.69, 9.17) is 29.9 Å². The molecule has 0 aliphatic heterocycles. The van der Waals surface area contributed by atoms with Gasteiger partial charge in [-0.15, -0.1) is 0 Å². The number of ketones is 1. The average molecular weight is 961 g/mol. The van der Waals surface area contributed by atoms with Gasteiger partial charge in [0.25, 0.3) is 0 Å². The van der Waals surface area contributed by atoms with E-state index < -0.39 is 5.41 Å². The summed E-state index contributed by atoms with van der Waals surface area (Å²) in [5, 5.41) is 0.